The molecule has 0 fully saturated rings. The highest BCUT2D eigenvalue weighted by molar-refractivity contribution is 5.92. The summed E-state index contributed by atoms with van der Waals surface area (Å²) in [4.78, 5) is 15.2. The first-order valence-corrected chi connectivity index (χ1v) is 6.17. The molecule has 1 aromatic carbocycles. The Labute approximate surface area is 112 Å². The fourth-order valence-corrected chi connectivity index (χ4v) is 2.04. The minimum atomic E-state index is -0.0321. The van der Waals surface area contributed by atoms with Gasteiger partial charge in [-0.05, 0) is 37.6 Å². The van der Waals surface area contributed by atoms with Crippen molar-refractivity contribution in [3.05, 3.63) is 47.3 Å². The number of aromatic nitrogens is 1. The molecule has 0 saturated carbocycles. The van der Waals surface area contributed by atoms with E-state index < -0.39 is 0 Å². The molecule has 0 radical (unpaired) electrons. The van der Waals surface area contributed by atoms with Gasteiger partial charge in [0.1, 0.15) is 5.75 Å². The van der Waals surface area contributed by atoms with Crippen LogP contribution in [0, 0.1) is 13.8 Å². The largest absolute Gasteiger partial charge is 0.497 e. The van der Waals surface area contributed by atoms with Gasteiger partial charge in [0.2, 0.25) is 5.91 Å². The summed E-state index contributed by atoms with van der Waals surface area (Å²) in [5.74, 6) is 0.696. The van der Waals surface area contributed by atoms with E-state index in [1.165, 1.54) is 0 Å². The van der Waals surface area contributed by atoms with Crippen LogP contribution in [0.1, 0.15) is 17.0 Å². The van der Waals surface area contributed by atoms with Crippen LogP contribution in [0.2, 0.25) is 0 Å². The number of aromatic amines is 1. The number of benzene rings is 1. The Bertz CT molecular complexity index is 588. The molecule has 0 saturated heterocycles. The molecule has 0 bridgehead atoms. The predicted octanol–water partition coefficient (Wildman–Crippen LogP) is 2.82. The predicted molar refractivity (Wildman–Crippen MR) is 75.6 cm³/mol. The quantitative estimate of drug-likeness (QED) is 0.886. The van der Waals surface area contributed by atoms with Gasteiger partial charge in [0.15, 0.2) is 0 Å². The third-order valence-corrected chi connectivity index (χ3v) is 2.96. The Morgan fingerprint density at radius 3 is 2.74 bits per heavy atom. The number of hydrogen-bond acceptors (Lipinski definition) is 2. The number of aryl methyl sites for hydroxylation is 2. The first-order chi connectivity index (χ1) is 9.08. The summed E-state index contributed by atoms with van der Waals surface area (Å²) in [7, 11) is 1.60. The summed E-state index contributed by atoms with van der Waals surface area (Å²) in [5.41, 5.74) is 3.88. The number of carbonyl (C=O) groups is 1. The summed E-state index contributed by atoms with van der Waals surface area (Å²) in [6.45, 7) is 3.96. The minimum Gasteiger partial charge on any atom is -0.497 e. The number of rotatable bonds is 4. The van der Waals surface area contributed by atoms with Gasteiger partial charge in [0.05, 0.1) is 13.5 Å². The lowest BCUT2D eigenvalue weighted by molar-refractivity contribution is -0.115. The standard InChI is InChI=1S/C15H18N2O2/c1-10-7-12(11(2)16-10)8-15(18)17-13-5-4-6-14(9-13)19-3/h4-7,9,16H,8H2,1-3H3,(H,17,18). The Morgan fingerprint density at radius 1 is 1.32 bits per heavy atom. The number of ether oxygens (including phenoxy) is 1. The number of methoxy groups -OCH3 is 1. The van der Waals surface area contributed by atoms with E-state index in [0.717, 1.165) is 28.4 Å². The van der Waals surface area contributed by atoms with Crippen LogP contribution in [-0.4, -0.2) is 18.0 Å². The minimum absolute atomic E-state index is 0.0321. The van der Waals surface area contributed by atoms with Crippen molar-refractivity contribution in [2.75, 3.05) is 12.4 Å². The molecular weight excluding hydrogens is 240 g/mol. The molecule has 0 aliphatic carbocycles. The summed E-state index contributed by atoms with van der Waals surface area (Å²) in [5, 5.41) is 2.87. The average molecular weight is 258 g/mol. The molecule has 1 amide bonds. The summed E-state index contributed by atoms with van der Waals surface area (Å²) in [6.07, 6.45) is 0.368. The lowest BCUT2D eigenvalue weighted by Crippen LogP contribution is -2.14. The van der Waals surface area contributed by atoms with Crippen molar-refractivity contribution in [3.8, 4) is 5.75 Å². The van der Waals surface area contributed by atoms with E-state index in [2.05, 4.69) is 10.3 Å². The van der Waals surface area contributed by atoms with Crippen LogP contribution in [0.3, 0.4) is 0 Å². The number of nitrogens with one attached hydrogen (secondary N) is 2. The maximum atomic E-state index is 12.0. The van der Waals surface area contributed by atoms with Gasteiger partial charge in [-0.15, -0.1) is 0 Å². The fraction of sp³-hybridized carbons (Fsp3) is 0.267. The van der Waals surface area contributed by atoms with Crippen molar-refractivity contribution in [1.82, 2.24) is 4.98 Å². The first-order valence-electron chi connectivity index (χ1n) is 6.17. The summed E-state index contributed by atoms with van der Waals surface area (Å²) in [6, 6.07) is 9.33. The van der Waals surface area contributed by atoms with E-state index in [9.17, 15) is 4.79 Å². The number of carbonyl (C=O) groups excluding carboxylic acids is 1. The average Bonchev–Trinajstić information content (AvgIpc) is 2.68. The Kier molecular flexibility index (Phi) is 3.90. The van der Waals surface area contributed by atoms with Gasteiger partial charge in [0, 0.05) is 23.1 Å². The zero-order chi connectivity index (χ0) is 13.8. The van der Waals surface area contributed by atoms with Crippen molar-refractivity contribution < 1.29 is 9.53 Å². The van der Waals surface area contributed by atoms with Crippen LogP contribution in [0.15, 0.2) is 30.3 Å². The summed E-state index contributed by atoms with van der Waals surface area (Å²) >= 11 is 0. The van der Waals surface area contributed by atoms with E-state index in [-0.39, 0.29) is 5.91 Å². The van der Waals surface area contributed by atoms with Gasteiger partial charge in [-0.2, -0.15) is 0 Å². The fourth-order valence-electron chi connectivity index (χ4n) is 2.04. The SMILES string of the molecule is COc1cccc(NC(=O)Cc2cc(C)[nH]c2C)c1. The van der Waals surface area contributed by atoms with Gasteiger partial charge in [-0.3, -0.25) is 4.79 Å². The molecule has 19 heavy (non-hydrogen) atoms. The van der Waals surface area contributed by atoms with Gasteiger partial charge in [-0.25, -0.2) is 0 Å². The molecule has 1 heterocycles. The molecule has 0 spiro atoms. The zero-order valence-corrected chi connectivity index (χ0v) is 11.4. The molecule has 4 nitrogen and oxygen atoms in total. The van der Waals surface area contributed by atoms with Crippen molar-refractivity contribution in [2.45, 2.75) is 20.3 Å². The van der Waals surface area contributed by atoms with Gasteiger partial charge in [-0.1, -0.05) is 6.07 Å². The van der Waals surface area contributed by atoms with Crippen LogP contribution in [0.5, 0.6) is 5.75 Å². The third kappa shape index (κ3) is 3.37. The lowest BCUT2D eigenvalue weighted by atomic mass is 10.1. The van der Waals surface area contributed by atoms with E-state index in [1.54, 1.807) is 13.2 Å². The van der Waals surface area contributed by atoms with E-state index in [0.29, 0.717) is 6.42 Å². The normalized spacial score (nSPS) is 10.3. The number of hydrogen-bond donors (Lipinski definition) is 2. The van der Waals surface area contributed by atoms with Crippen molar-refractivity contribution >= 4 is 11.6 Å². The number of amides is 1. The second kappa shape index (κ2) is 5.61. The van der Waals surface area contributed by atoms with Crippen LogP contribution in [0.4, 0.5) is 5.69 Å². The third-order valence-electron chi connectivity index (χ3n) is 2.96. The van der Waals surface area contributed by atoms with E-state index >= 15 is 0 Å². The second-order valence-corrected chi connectivity index (χ2v) is 4.56. The monoisotopic (exact) mass is 258 g/mol. The summed E-state index contributed by atoms with van der Waals surface area (Å²) < 4.78 is 5.12. The van der Waals surface area contributed by atoms with Crippen molar-refractivity contribution in [3.63, 3.8) is 0 Å². The Morgan fingerprint density at radius 2 is 2.11 bits per heavy atom. The lowest BCUT2D eigenvalue weighted by Gasteiger charge is -2.06. The maximum Gasteiger partial charge on any atom is 0.228 e. The highest BCUT2D eigenvalue weighted by Crippen LogP contribution is 2.17. The molecule has 1 aromatic heterocycles. The van der Waals surface area contributed by atoms with E-state index in [1.807, 2.05) is 38.1 Å². The van der Waals surface area contributed by atoms with Crippen LogP contribution in [0.25, 0.3) is 0 Å². The van der Waals surface area contributed by atoms with Crippen molar-refractivity contribution in [1.29, 1.82) is 0 Å². The van der Waals surface area contributed by atoms with Crippen LogP contribution in [-0.2, 0) is 11.2 Å². The van der Waals surface area contributed by atoms with E-state index in [4.69, 9.17) is 4.74 Å². The van der Waals surface area contributed by atoms with Gasteiger partial charge >= 0.3 is 0 Å². The molecule has 2 N–H and O–H groups in total. The van der Waals surface area contributed by atoms with Crippen LogP contribution >= 0.6 is 0 Å². The van der Waals surface area contributed by atoms with Crippen LogP contribution < -0.4 is 10.1 Å². The zero-order valence-electron chi connectivity index (χ0n) is 11.4. The molecular formula is C15H18N2O2. The number of H-pyrrole nitrogens is 1. The Balaban J connectivity index is 2.03. The van der Waals surface area contributed by atoms with Crippen molar-refractivity contribution in [2.24, 2.45) is 0 Å². The topological polar surface area (TPSA) is 54.1 Å². The maximum absolute atomic E-state index is 12.0. The highest BCUT2D eigenvalue weighted by atomic mass is 16.5. The van der Waals surface area contributed by atoms with Gasteiger partial charge < -0.3 is 15.0 Å². The molecule has 0 unspecified atom stereocenters. The first kappa shape index (κ1) is 13.2. The van der Waals surface area contributed by atoms with Gasteiger partial charge in [0.25, 0.3) is 0 Å². The molecule has 0 atom stereocenters. The highest BCUT2D eigenvalue weighted by Gasteiger charge is 2.08. The second-order valence-electron chi connectivity index (χ2n) is 4.56. The smallest absolute Gasteiger partial charge is 0.228 e. The molecule has 100 valence electrons. The Hall–Kier alpha value is -2.23. The molecule has 0 aliphatic rings. The number of anilines is 1. The molecule has 2 aromatic rings. The molecule has 0 aliphatic heterocycles. The molecule has 2 rings (SSSR count). The molecule has 4 heteroatoms.